The van der Waals surface area contributed by atoms with Crippen LogP contribution in [0.2, 0.25) is 0 Å². The first-order chi connectivity index (χ1) is 7.22. The summed E-state index contributed by atoms with van der Waals surface area (Å²) in [5, 5.41) is 35.3. The van der Waals surface area contributed by atoms with Crippen molar-refractivity contribution >= 4 is 0 Å². The molecule has 0 saturated carbocycles. The molecule has 0 aliphatic carbocycles. The number of aromatic hydroxyl groups is 1. The molecule has 15 heavy (non-hydrogen) atoms. The monoisotopic (exact) mass is 197 g/mol. The van der Waals surface area contributed by atoms with E-state index >= 15 is 0 Å². The lowest BCUT2D eigenvalue weighted by Crippen LogP contribution is -2.07. The molecule has 1 unspecified atom stereocenters. The smallest absolute Gasteiger partial charge is 0.153 e. The Kier molecular flexibility index (Phi) is 3.28. The maximum Gasteiger partial charge on any atom is 0.153 e. The van der Waals surface area contributed by atoms with Crippen molar-refractivity contribution < 1.29 is 5.11 Å². The molecule has 4 heteroatoms. The summed E-state index contributed by atoms with van der Waals surface area (Å²) < 4.78 is 0. The topological polar surface area (TPSA) is 91.6 Å². The van der Waals surface area contributed by atoms with E-state index in [1.165, 1.54) is 24.3 Å². The van der Waals surface area contributed by atoms with Crippen LogP contribution in [0.4, 0.5) is 0 Å². The van der Waals surface area contributed by atoms with Crippen LogP contribution in [0.5, 0.6) is 5.75 Å². The fraction of sp³-hybridized carbons (Fsp3) is 0.182. The Labute approximate surface area is 87.2 Å². The summed E-state index contributed by atoms with van der Waals surface area (Å²) in [6.45, 7) is 0. The van der Waals surface area contributed by atoms with Gasteiger partial charge in [-0.3, -0.25) is 0 Å². The standard InChI is InChI=1S/C11H7N3O/c12-5-9(6-13)11(7-14)8-1-3-10(15)4-2-8/h1-4,9,11,15H. The van der Waals surface area contributed by atoms with Crippen LogP contribution < -0.4 is 0 Å². The Morgan fingerprint density at radius 3 is 1.87 bits per heavy atom. The van der Waals surface area contributed by atoms with E-state index in [4.69, 9.17) is 20.9 Å². The van der Waals surface area contributed by atoms with Crippen molar-refractivity contribution in [3.8, 4) is 24.0 Å². The quantitative estimate of drug-likeness (QED) is 0.780. The maximum absolute atomic E-state index is 9.05. The third kappa shape index (κ3) is 2.24. The zero-order valence-corrected chi connectivity index (χ0v) is 7.75. The average Bonchev–Trinajstić information content (AvgIpc) is 2.27. The van der Waals surface area contributed by atoms with Gasteiger partial charge in [0.05, 0.1) is 18.2 Å². The van der Waals surface area contributed by atoms with Crippen molar-refractivity contribution in [2.45, 2.75) is 5.92 Å². The first kappa shape index (κ1) is 10.6. The van der Waals surface area contributed by atoms with Crippen LogP contribution in [0.15, 0.2) is 24.3 Å². The molecular weight excluding hydrogens is 190 g/mol. The molecule has 0 radical (unpaired) electrons. The normalized spacial score (nSPS) is 11.1. The van der Waals surface area contributed by atoms with E-state index in [-0.39, 0.29) is 5.75 Å². The molecule has 1 aromatic rings. The summed E-state index contributed by atoms with van der Waals surface area (Å²) in [5.41, 5.74) is 0.559. The zero-order chi connectivity index (χ0) is 11.3. The molecular formula is C11H7N3O. The molecule has 0 saturated heterocycles. The first-order valence-electron chi connectivity index (χ1n) is 4.20. The van der Waals surface area contributed by atoms with Gasteiger partial charge >= 0.3 is 0 Å². The lowest BCUT2D eigenvalue weighted by Gasteiger charge is -2.08. The summed E-state index contributed by atoms with van der Waals surface area (Å²) in [6, 6.07) is 11.4. The van der Waals surface area contributed by atoms with Gasteiger partial charge in [-0.25, -0.2) is 0 Å². The molecule has 1 aromatic carbocycles. The number of phenolic OH excluding ortho intramolecular Hbond substituents is 1. The van der Waals surface area contributed by atoms with E-state index in [1.807, 2.05) is 6.07 Å². The van der Waals surface area contributed by atoms with Gasteiger partial charge in [0.25, 0.3) is 0 Å². The van der Waals surface area contributed by atoms with Crippen molar-refractivity contribution in [3.05, 3.63) is 29.8 Å². The van der Waals surface area contributed by atoms with E-state index in [9.17, 15) is 0 Å². The van der Waals surface area contributed by atoms with E-state index in [2.05, 4.69) is 0 Å². The minimum atomic E-state index is -0.987. The van der Waals surface area contributed by atoms with E-state index in [1.54, 1.807) is 12.1 Å². The molecule has 1 rings (SSSR count). The van der Waals surface area contributed by atoms with Gasteiger partial charge in [-0.05, 0) is 17.7 Å². The van der Waals surface area contributed by atoms with Crippen molar-refractivity contribution in [1.82, 2.24) is 0 Å². The highest BCUT2D eigenvalue weighted by atomic mass is 16.3. The highest BCUT2D eigenvalue weighted by molar-refractivity contribution is 5.34. The second-order valence-corrected chi connectivity index (χ2v) is 2.93. The van der Waals surface area contributed by atoms with Gasteiger partial charge < -0.3 is 5.11 Å². The molecule has 0 spiro atoms. The number of nitrogens with zero attached hydrogens (tertiary/aromatic N) is 3. The zero-order valence-electron chi connectivity index (χ0n) is 7.75. The molecule has 4 nitrogen and oxygen atoms in total. The Morgan fingerprint density at radius 2 is 1.47 bits per heavy atom. The van der Waals surface area contributed by atoms with E-state index in [0.29, 0.717) is 5.56 Å². The number of hydrogen-bond acceptors (Lipinski definition) is 4. The Hall–Kier alpha value is -2.51. The van der Waals surface area contributed by atoms with Gasteiger partial charge in [0.15, 0.2) is 5.92 Å². The largest absolute Gasteiger partial charge is 0.508 e. The van der Waals surface area contributed by atoms with Crippen LogP contribution in [0.1, 0.15) is 11.5 Å². The number of nitriles is 3. The van der Waals surface area contributed by atoms with Crippen LogP contribution in [-0.4, -0.2) is 5.11 Å². The van der Waals surface area contributed by atoms with Gasteiger partial charge in [0, 0.05) is 0 Å². The van der Waals surface area contributed by atoms with Gasteiger partial charge in [-0.1, -0.05) is 12.1 Å². The maximum atomic E-state index is 9.05. The highest BCUT2D eigenvalue weighted by Crippen LogP contribution is 2.24. The van der Waals surface area contributed by atoms with Crippen LogP contribution in [-0.2, 0) is 0 Å². The molecule has 0 aliphatic rings. The van der Waals surface area contributed by atoms with Gasteiger partial charge in [0.2, 0.25) is 0 Å². The number of phenols is 1. The number of benzene rings is 1. The van der Waals surface area contributed by atoms with Crippen LogP contribution in [0.25, 0.3) is 0 Å². The van der Waals surface area contributed by atoms with Crippen LogP contribution in [0, 0.1) is 39.9 Å². The lowest BCUT2D eigenvalue weighted by molar-refractivity contribution is 0.475. The third-order valence-electron chi connectivity index (χ3n) is 2.00. The fourth-order valence-electron chi connectivity index (χ4n) is 1.20. The summed E-state index contributed by atoms with van der Waals surface area (Å²) in [6.07, 6.45) is 0. The van der Waals surface area contributed by atoms with Crippen molar-refractivity contribution in [2.24, 2.45) is 5.92 Å². The molecule has 1 N–H and O–H groups in total. The summed E-state index contributed by atoms with van der Waals surface area (Å²) in [5.74, 6) is -1.68. The molecule has 72 valence electrons. The Morgan fingerprint density at radius 1 is 0.933 bits per heavy atom. The second-order valence-electron chi connectivity index (χ2n) is 2.93. The highest BCUT2D eigenvalue weighted by Gasteiger charge is 2.22. The molecule has 0 aliphatic heterocycles. The number of rotatable bonds is 2. The average molecular weight is 197 g/mol. The van der Waals surface area contributed by atoms with Crippen molar-refractivity contribution in [2.75, 3.05) is 0 Å². The molecule has 1 atom stereocenters. The Bertz CT molecular complexity index is 445. The van der Waals surface area contributed by atoms with E-state index in [0.717, 1.165) is 0 Å². The number of hydrogen-bond donors (Lipinski definition) is 1. The third-order valence-corrected chi connectivity index (χ3v) is 2.00. The molecule has 0 aromatic heterocycles. The summed E-state index contributed by atoms with van der Waals surface area (Å²) in [4.78, 5) is 0. The van der Waals surface area contributed by atoms with Crippen molar-refractivity contribution in [3.63, 3.8) is 0 Å². The molecule has 0 amide bonds. The molecule has 0 bridgehead atoms. The van der Waals surface area contributed by atoms with Gasteiger partial charge in [0.1, 0.15) is 11.7 Å². The molecule has 0 fully saturated rings. The van der Waals surface area contributed by atoms with Crippen LogP contribution >= 0.6 is 0 Å². The van der Waals surface area contributed by atoms with Crippen molar-refractivity contribution in [1.29, 1.82) is 15.8 Å². The minimum absolute atomic E-state index is 0.0842. The predicted octanol–water partition coefficient (Wildman–Crippen LogP) is 1.66. The van der Waals surface area contributed by atoms with Gasteiger partial charge in [-0.15, -0.1) is 0 Å². The minimum Gasteiger partial charge on any atom is -0.508 e. The Balaban J connectivity index is 3.06. The fourth-order valence-corrected chi connectivity index (χ4v) is 1.20. The van der Waals surface area contributed by atoms with Crippen LogP contribution in [0.3, 0.4) is 0 Å². The second kappa shape index (κ2) is 4.65. The summed E-state index contributed by atoms with van der Waals surface area (Å²) >= 11 is 0. The molecule has 0 heterocycles. The predicted molar refractivity (Wildman–Crippen MR) is 51.2 cm³/mol. The van der Waals surface area contributed by atoms with Gasteiger partial charge in [-0.2, -0.15) is 15.8 Å². The SMILES string of the molecule is N#CC(C#N)C(C#N)c1ccc(O)cc1. The van der Waals surface area contributed by atoms with E-state index < -0.39 is 11.8 Å². The summed E-state index contributed by atoms with van der Waals surface area (Å²) in [7, 11) is 0. The first-order valence-corrected chi connectivity index (χ1v) is 4.20. The lowest BCUT2D eigenvalue weighted by atomic mass is 9.89.